The smallest absolute Gasteiger partial charge is 0.345 e. The van der Waals surface area contributed by atoms with E-state index in [2.05, 4.69) is 6.07 Å². The highest BCUT2D eigenvalue weighted by atomic mass is 35.5. The molecule has 0 saturated heterocycles. The maximum atomic E-state index is 12.5. The Morgan fingerprint density at radius 3 is 2.48 bits per heavy atom. The van der Waals surface area contributed by atoms with Gasteiger partial charge in [-0.1, -0.05) is 41.9 Å². The van der Waals surface area contributed by atoms with Gasteiger partial charge in [0.15, 0.2) is 0 Å². The fourth-order valence-corrected chi connectivity index (χ4v) is 3.64. The first kappa shape index (κ1) is 20.3. The number of esters is 1. The Balaban J connectivity index is 1.69. The van der Waals surface area contributed by atoms with Crippen molar-refractivity contribution < 1.29 is 19.0 Å². The van der Waals surface area contributed by atoms with E-state index < -0.39 is 11.9 Å². The van der Waals surface area contributed by atoms with E-state index in [1.54, 1.807) is 49.6 Å². The zero-order chi connectivity index (χ0) is 22.0. The second-order valence-corrected chi connectivity index (χ2v) is 7.17. The summed E-state index contributed by atoms with van der Waals surface area (Å²) in [5, 5.41) is 9.97. The first-order valence-corrected chi connectivity index (χ1v) is 9.71. The summed E-state index contributed by atoms with van der Waals surface area (Å²) in [7, 11) is 1.59. The number of nitrogens with zero attached hydrogens (tertiary/aromatic N) is 1. The third-order valence-electron chi connectivity index (χ3n) is 4.94. The molecule has 0 fully saturated rings. The van der Waals surface area contributed by atoms with Crippen LogP contribution in [-0.2, 0) is 0 Å². The van der Waals surface area contributed by atoms with Crippen LogP contribution in [0.25, 0.3) is 0 Å². The summed E-state index contributed by atoms with van der Waals surface area (Å²) in [6.45, 7) is 0. The number of allylic oxidation sites excluding steroid dienone is 1. The van der Waals surface area contributed by atoms with Crippen LogP contribution in [0.15, 0.2) is 78.2 Å². The van der Waals surface area contributed by atoms with Crippen LogP contribution in [0.1, 0.15) is 27.4 Å². The summed E-state index contributed by atoms with van der Waals surface area (Å²) in [4.78, 5) is 12.5. The van der Waals surface area contributed by atoms with E-state index in [0.717, 1.165) is 11.1 Å². The van der Waals surface area contributed by atoms with Gasteiger partial charge < -0.3 is 19.9 Å². The summed E-state index contributed by atoms with van der Waals surface area (Å²) in [5.74, 6) is 0.369. The van der Waals surface area contributed by atoms with Crippen LogP contribution in [0, 0.1) is 11.3 Å². The van der Waals surface area contributed by atoms with Crippen LogP contribution in [-0.4, -0.2) is 13.1 Å². The van der Waals surface area contributed by atoms with E-state index in [0.29, 0.717) is 22.1 Å². The van der Waals surface area contributed by atoms with Gasteiger partial charge in [0.05, 0.1) is 23.6 Å². The lowest BCUT2D eigenvalue weighted by molar-refractivity contribution is 0.0734. The van der Waals surface area contributed by atoms with Gasteiger partial charge in [-0.05, 0) is 35.9 Å². The second kappa shape index (κ2) is 8.42. The SMILES string of the molecule is COc1ccc(C2C(C#N)=C(N)Oc3cc(OC(=O)c4ccccc4Cl)ccc32)cc1. The molecule has 0 aliphatic carbocycles. The van der Waals surface area contributed by atoms with Crippen LogP contribution in [0.4, 0.5) is 0 Å². The van der Waals surface area contributed by atoms with Gasteiger partial charge in [-0.3, -0.25) is 0 Å². The number of benzene rings is 3. The van der Waals surface area contributed by atoms with Gasteiger partial charge in [-0.25, -0.2) is 4.79 Å². The Morgan fingerprint density at radius 1 is 1.10 bits per heavy atom. The lowest BCUT2D eigenvalue weighted by Crippen LogP contribution is -2.21. The Hall–Kier alpha value is -3.95. The Bertz CT molecular complexity index is 1230. The van der Waals surface area contributed by atoms with Crippen molar-refractivity contribution in [2.75, 3.05) is 7.11 Å². The standard InChI is InChI=1S/C24H17ClN2O4/c1-29-15-8-6-14(7-9-15)22-18-11-10-16(12-21(18)31-23(27)19(22)13-26)30-24(28)17-4-2-3-5-20(17)25/h2-12,22H,27H2,1H3. The number of hydrogen-bond donors (Lipinski definition) is 1. The number of carbonyl (C=O) groups excluding carboxylic acids is 1. The molecule has 1 atom stereocenters. The van der Waals surface area contributed by atoms with Crippen LogP contribution >= 0.6 is 11.6 Å². The molecule has 1 aliphatic rings. The molecule has 1 unspecified atom stereocenters. The first-order chi connectivity index (χ1) is 15.0. The minimum Gasteiger partial charge on any atom is -0.497 e. The molecule has 0 spiro atoms. The average Bonchev–Trinajstić information content (AvgIpc) is 2.78. The molecule has 31 heavy (non-hydrogen) atoms. The molecule has 0 aromatic heterocycles. The van der Waals surface area contributed by atoms with Crippen molar-refractivity contribution >= 4 is 17.6 Å². The van der Waals surface area contributed by atoms with Crippen molar-refractivity contribution in [2.24, 2.45) is 5.73 Å². The normalized spacial score (nSPS) is 14.8. The third kappa shape index (κ3) is 3.91. The molecule has 154 valence electrons. The Morgan fingerprint density at radius 2 is 1.81 bits per heavy atom. The van der Waals surface area contributed by atoms with Gasteiger partial charge in [0.25, 0.3) is 0 Å². The summed E-state index contributed by atoms with van der Waals surface area (Å²) >= 11 is 6.07. The van der Waals surface area contributed by atoms with Crippen LogP contribution in [0.5, 0.6) is 17.2 Å². The molecule has 1 aliphatic heterocycles. The van der Waals surface area contributed by atoms with E-state index >= 15 is 0 Å². The van der Waals surface area contributed by atoms with E-state index in [1.165, 1.54) is 0 Å². The molecule has 0 bridgehead atoms. The molecular formula is C24H17ClN2O4. The number of nitrogens with two attached hydrogens (primary N) is 1. The summed E-state index contributed by atoms with van der Waals surface area (Å²) in [5.41, 5.74) is 8.18. The number of carbonyl (C=O) groups is 1. The molecule has 0 amide bonds. The molecule has 6 nitrogen and oxygen atoms in total. The van der Waals surface area contributed by atoms with E-state index in [1.807, 2.05) is 24.3 Å². The number of halogens is 1. The quantitative estimate of drug-likeness (QED) is 0.470. The minimum absolute atomic E-state index is 0.00500. The summed E-state index contributed by atoms with van der Waals surface area (Å²) in [6, 6.07) is 21.1. The van der Waals surface area contributed by atoms with Crippen LogP contribution in [0.2, 0.25) is 5.02 Å². The minimum atomic E-state index is -0.589. The predicted octanol–water partition coefficient (Wildman–Crippen LogP) is 4.79. The maximum absolute atomic E-state index is 12.5. The highest BCUT2D eigenvalue weighted by Crippen LogP contribution is 2.43. The lowest BCUT2D eigenvalue weighted by Gasteiger charge is -2.26. The van der Waals surface area contributed by atoms with Crippen molar-refractivity contribution in [1.29, 1.82) is 5.26 Å². The molecule has 3 aromatic rings. The van der Waals surface area contributed by atoms with Crippen molar-refractivity contribution in [3.8, 4) is 23.3 Å². The highest BCUT2D eigenvalue weighted by Gasteiger charge is 2.31. The van der Waals surface area contributed by atoms with E-state index in [9.17, 15) is 10.1 Å². The molecule has 0 saturated carbocycles. The van der Waals surface area contributed by atoms with Crippen molar-refractivity contribution in [1.82, 2.24) is 0 Å². The first-order valence-electron chi connectivity index (χ1n) is 9.34. The zero-order valence-electron chi connectivity index (χ0n) is 16.5. The van der Waals surface area contributed by atoms with Gasteiger partial charge in [0, 0.05) is 11.6 Å². The lowest BCUT2D eigenvalue weighted by atomic mass is 9.83. The third-order valence-corrected chi connectivity index (χ3v) is 5.27. The summed E-state index contributed by atoms with van der Waals surface area (Å²) < 4.78 is 16.4. The van der Waals surface area contributed by atoms with Crippen molar-refractivity contribution in [3.05, 3.63) is 99.9 Å². The molecule has 1 heterocycles. The Kier molecular flexibility index (Phi) is 5.52. The maximum Gasteiger partial charge on any atom is 0.345 e. The van der Waals surface area contributed by atoms with Gasteiger partial charge in [0.2, 0.25) is 5.88 Å². The summed E-state index contributed by atoms with van der Waals surface area (Å²) in [6.07, 6.45) is 0. The molecule has 7 heteroatoms. The molecular weight excluding hydrogens is 416 g/mol. The largest absolute Gasteiger partial charge is 0.497 e. The zero-order valence-corrected chi connectivity index (χ0v) is 17.2. The van der Waals surface area contributed by atoms with Crippen molar-refractivity contribution in [2.45, 2.75) is 5.92 Å². The van der Waals surface area contributed by atoms with Gasteiger partial charge >= 0.3 is 5.97 Å². The number of hydrogen-bond acceptors (Lipinski definition) is 6. The number of methoxy groups -OCH3 is 1. The molecule has 3 aromatic carbocycles. The van der Waals surface area contributed by atoms with Crippen LogP contribution < -0.4 is 19.9 Å². The Labute approximate surface area is 184 Å². The van der Waals surface area contributed by atoms with E-state index in [4.69, 9.17) is 31.5 Å². The fourth-order valence-electron chi connectivity index (χ4n) is 3.43. The van der Waals surface area contributed by atoms with Crippen molar-refractivity contribution in [3.63, 3.8) is 0 Å². The number of fused-ring (bicyclic) bond motifs is 1. The predicted molar refractivity (Wildman–Crippen MR) is 115 cm³/mol. The van der Waals surface area contributed by atoms with E-state index in [-0.39, 0.29) is 17.2 Å². The van der Waals surface area contributed by atoms with Crippen LogP contribution in [0.3, 0.4) is 0 Å². The van der Waals surface area contributed by atoms with Gasteiger partial charge in [-0.15, -0.1) is 0 Å². The van der Waals surface area contributed by atoms with Gasteiger partial charge in [-0.2, -0.15) is 5.26 Å². The number of nitriles is 1. The molecule has 4 rings (SSSR count). The molecule has 0 radical (unpaired) electrons. The monoisotopic (exact) mass is 432 g/mol. The number of ether oxygens (including phenoxy) is 3. The van der Waals surface area contributed by atoms with Gasteiger partial charge in [0.1, 0.15) is 28.9 Å². The topological polar surface area (TPSA) is 94.6 Å². The fraction of sp³-hybridized carbons (Fsp3) is 0.0833. The molecule has 2 N–H and O–H groups in total. The average molecular weight is 433 g/mol. The number of rotatable bonds is 4. The second-order valence-electron chi connectivity index (χ2n) is 6.77. The highest BCUT2D eigenvalue weighted by molar-refractivity contribution is 6.33.